The Morgan fingerprint density at radius 1 is 0.879 bits per heavy atom. The summed E-state index contributed by atoms with van der Waals surface area (Å²) in [7, 11) is -0.609. The second kappa shape index (κ2) is 11.3. The fraction of sp³-hybridized carbons (Fsp3) is 0.208. The Bertz CT molecular complexity index is 1170. The third kappa shape index (κ3) is 6.96. The molecule has 0 spiro atoms. The molecule has 0 atom stereocenters. The number of amides is 1. The first-order valence-electron chi connectivity index (χ1n) is 10.2. The first-order valence-corrected chi connectivity index (χ1v) is 11.7. The Balaban J connectivity index is 1.51. The van der Waals surface area contributed by atoms with E-state index < -0.39 is 15.9 Å². The van der Waals surface area contributed by atoms with Crippen LogP contribution in [0, 0.1) is 0 Å². The van der Waals surface area contributed by atoms with Gasteiger partial charge in [0.15, 0.2) is 6.61 Å². The van der Waals surface area contributed by atoms with Gasteiger partial charge in [-0.25, -0.2) is 13.1 Å². The van der Waals surface area contributed by atoms with Gasteiger partial charge in [-0.1, -0.05) is 30.3 Å². The number of carbonyl (C=O) groups excluding carboxylic acids is 1. The molecule has 1 amide bonds. The molecule has 0 aliphatic heterocycles. The van der Waals surface area contributed by atoms with Crippen LogP contribution >= 0.6 is 0 Å². The normalized spacial score (nSPS) is 11.0. The summed E-state index contributed by atoms with van der Waals surface area (Å²) in [6.45, 7) is 0.0379. The summed E-state index contributed by atoms with van der Waals surface area (Å²) >= 11 is 0. The largest absolute Gasteiger partial charge is 0.497 e. The fourth-order valence-corrected chi connectivity index (χ4v) is 4.04. The molecule has 0 aromatic heterocycles. The summed E-state index contributed by atoms with van der Waals surface area (Å²) in [6, 6.07) is 20.5. The zero-order valence-electron chi connectivity index (χ0n) is 18.4. The standard InChI is InChI=1S/C24H26N2O6S/c1-30-20-10-13-22(23(16-20)31-2)26-24(27)17-32-19-8-11-21(12-9-19)33(28,29)25-15-14-18-6-4-3-5-7-18/h3-13,16,25H,14-15,17H2,1-2H3,(H,26,27). The molecule has 0 aliphatic carbocycles. The Morgan fingerprint density at radius 3 is 2.24 bits per heavy atom. The van der Waals surface area contributed by atoms with Crippen LogP contribution < -0.4 is 24.2 Å². The number of benzene rings is 3. The number of nitrogens with one attached hydrogen (secondary N) is 2. The van der Waals surface area contributed by atoms with Gasteiger partial charge in [0.1, 0.15) is 17.2 Å². The van der Waals surface area contributed by atoms with E-state index in [0.29, 0.717) is 35.9 Å². The molecular weight excluding hydrogens is 444 g/mol. The summed E-state index contributed by atoms with van der Waals surface area (Å²) in [4.78, 5) is 12.4. The minimum Gasteiger partial charge on any atom is -0.497 e. The van der Waals surface area contributed by atoms with E-state index in [1.807, 2.05) is 30.3 Å². The molecular formula is C24H26N2O6S. The Labute approximate surface area is 193 Å². The molecule has 0 unspecified atom stereocenters. The van der Waals surface area contributed by atoms with Crippen LogP contribution in [0.25, 0.3) is 0 Å². The highest BCUT2D eigenvalue weighted by molar-refractivity contribution is 7.89. The molecule has 9 heteroatoms. The van der Waals surface area contributed by atoms with E-state index in [0.717, 1.165) is 5.56 Å². The monoisotopic (exact) mass is 470 g/mol. The zero-order valence-corrected chi connectivity index (χ0v) is 19.2. The maximum atomic E-state index is 12.5. The van der Waals surface area contributed by atoms with Gasteiger partial charge in [-0.2, -0.15) is 0 Å². The first-order chi connectivity index (χ1) is 15.9. The van der Waals surface area contributed by atoms with Crippen molar-refractivity contribution >= 4 is 21.6 Å². The Hall–Kier alpha value is -3.56. The number of methoxy groups -OCH3 is 2. The minimum absolute atomic E-state index is 0.121. The number of anilines is 1. The fourth-order valence-electron chi connectivity index (χ4n) is 3.01. The topological polar surface area (TPSA) is 103 Å². The van der Waals surface area contributed by atoms with Crippen molar-refractivity contribution in [3.8, 4) is 17.2 Å². The van der Waals surface area contributed by atoms with Crippen molar-refractivity contribution in [3.63, 3.8) is 0 Å². The van der Waals surface area contributed by atoms with Crippen molar-refractivity contribution in [1.29, 1.82) is 0 Å². The lowest BCUT2D eigenvalue weighted by Crippen LogP contribution is -2.26. The van der Waals surface area contributed by atoms with Gasteiger partial charge < -0.3 is 19.5 Å². The van der Waals surface area contributed by atoms with E-state index in [2.05, 4.69) is 10.0 Å². The lowest BCUT2D eigenvalue weighted by atomic mass is 10.2. The zero-order chi connectivity index (χ0) is 23.7. The lowest BCUT2D eigenvalue weighted by Gasteiger charge is -2.12. The van der Waals surface area contributed by atoms with Gasteiger partial charge in [0, 0.05) is 12.6 Å². The summed E-state index contributed by atoms with van der Waals surface area (Å²) in [5, 5.41) is 2.70. The molecule has 0 fully saturated rings. The van der Waals surface area contributed by atoms with Crippen molar-refractivity contribution in [2.24, 2.45) is 0 Å². The highest BCUT2D eigenvalue weighted by atomic mass is 32.2. The van der Waals surface area contributed by atoms with Gasteiger partial charge in [0.2, 0.25) is 10.0 Å². The summed E-state index contributed by atoms with van der Waals surface area (Å²) < 4.78 is 43.4. The third-order valence-electron chi connectivity index (χ3n) is 4.74. The van der Waals surface area contributed by atoms with Gasteiger partial charge in [-0.3, -0.25) is 4.79 Å². The highest BCUT2D eigenvalue weighted by Crippen LogP contribution is 2.29. The molecule has 0 saturated heterocycles. The van der Waals surface area contributed by atoms with Crippen LogP contribution in [-0.2, 0) is 21.2 Å². The SMILES string of the molecule is COc1ccc(NC(=O)COc2ccc(S(=O)(=O)NCCc3ccccc3)cc2)c(OC)c1. The van der Waals surface area contributed by atoms with E-state index in [-0.39, 0.29) is 11.5 Å². The van der Waals surface area contributed by atoms with Crippen molar-refractivity contribution in [3.05, 3.63) is 78.4 Å². The highest BCUT2D eigenvalue weighted by Gasteiger charge is 2.14. The maximum absolute atomic E-state index is 12.5. The number of rotatable bonds is 11. The van der Waals surface area contributed by atoms with Crippen LogP contribution in [0.1, 0.15) is 5.56 Å². The second-order valence-corrected chi connectivity index (χ2v) is 8.77. The smallest absolute Gasteiger partial charge is 0.262 e. The molecule has 0 aliphatic rings. The molecule has 0 bridgehead atoms. The molecule has 3 aromatic carbocycles. The number of hydrogen-bond donors (Lipinski definition) is 2. The van der Waals surface area contributed by atoms with Crippen LogP contribution in [0.4, 0.5) is 5.69 Å². The summed E-state index contributed by atoms with van der Waals surface area (Å²) in [5.74, 6) is 1.04. The van der Waals surface area contributed by atoms with Gasteiger partial charge in [0.25, 0.3) is 5.91 Å². The molecule has 0 saturated carbocycles. The van der Waals surface area contributed by atoms with Gasteiger partial charge in [0.05, 0.1) is 24.8 Å². The van der Waals surface area contributed by atoms with Crippen molar-refractivity contribution in [2.45, 2.75) is 11.3 Å². The molecule has 0 heterocycles. The molecule has 174 valence electrons. The van der Waals surface area contributed by atoms with Crippen LogP contribution in [0.15, 0.2) is 77.7 Å². The van der Waals surface area contributed by atoms with E-state index in [4.69, 9.17) is 14.2 Å². The molecule has 3 rings (SSSR count). The third-order valence-corrected chi connectivity index (χ3v) is 6.21. The van der Waals surface area contributed by atoms with E-state index in [9.17, 15) is 13.2 Å². The van der Waals surface area contributed by atoms with Crippen LogP contribution in [0.5, 0.6) is 17.2 Å². The maximum Gasteiger partial charge on any atom is 0.262 e. The van der Waals surface area contributed by atoms with Crippen LogP contribution in [0.2, 0.25) is 0 Å². The Morgan fingerprint density at radius 2 is 1.58 bits per heavy atom. The molecule has 8 nitrogen and oxygen atoms in total. The van der Waals surface area contributed by atoms with Gasteiger partial charge in [-0.05, 0) is 48.4 Å². The number of sulfonamides is 1. The molecule has 33 heavy (non-hydrogen) atoms. The van der Waals surface area contributed by atoms with Crippen molar-refractivity contribution in [1.82, 2.24) is 4.72 Å². The predicted molar refractivity (Wildman–Crippen MR) is 125 cm³/mol. The molecule has 0 radical (unpaired) electrons. The summed E-state index contributed by atoms with van der Waals surface area (Å²) in [6.07, 6.45) is 0.593. The van der Waals surface area contributed by atoms with E-state index in [1.54, 1.807) is 18.2 Å². The molecule has 2 N–H and O–H groups in total. The first kappa shape index (κ1) is 24.1. The Kier molecular flexibility index (Phi) is 8.28. The quantitative estimate of drug-likeness (QED) is 0.446. The average molecular weight is 471 g/mol. The van der Waals surface area contributed by atoms with Gasteiger partial charge >= 0.3 is 0 Å². The number of carbonyl (C=O) groups is 1. The van der Waals surface area contributed by atoms with Crippen molar-refractivity contribution < 1.29 is 27.4 Å². The van der Waals surface area contributed by atoms with Crippen molar-refractivity contribution in [2.75, 3.05) is 32.7 Å². The number of hydrogen-bond acceptors (Lipinski definition) is 6. The molecule has 3 aromatic rings. The lowest BCUT2D eigenvalue weighted by molar-refractivity contribution is -0.118. The van der Waals surface area contributed by atoms with E-state index in [1.165, 1.54) is 38.5 Å². The second-order valence-electron chi connectivity index (χ2n) is 7.01. The minimum atomic E-state index is -3.64. The number of ether oxygens (including phenoxy) is 3. The van der Waals surface area contributed by atoms with E-state index >= 15 is 0 Å². The average Bonchev–Trinajstić information content (AvgIpc) is 2.84. The summed E-state index contributed by atoms with van der Waals surface area (Å²) in [5.41, 5.74) is 1.53. The van der Waals surface area contributed by atoms with Crippen LogP contribution in [0.3, 0.4) is 0 Å². The predicted octanol–water partition coefficient (Wildman–Crippen LogP) is 3.24. The van der Waals surface area contributed by atoms with Crippen LogP contribution in [-0.4, -0.2) is 41.7 Å². The van der Waals surface area contributed by atoms with Gasteiger partial charge in [-0.15, -0.1) is 0 Å².